The summed E-state index contributed by atoms with van der Waals surface area (Å²) in [5.74, 6) is -0.159. The van der Waals surface area contributed by atoms with E-state index >= 15 is 0 Å². The minimum Gasteiger partial charge on any atom is -0.493 e. The van der Waals surface area contributed by atoms with E-state index in [2.05, 4.69) is 16.9 Å². The molecule has 0 saturated heterocycles. The smallest absolute Gasteiger partial charge is 0.338 e. The van der Waals surface area contributed by atoms with Crippen LogP contribution in [0, 0.1) is 5.82 Å². The number of hydrogen-bond acceptors (Lipinski definition) is 8. The van der Waals surface area contributed by atoms with Crippen molar-refractivity contribution in [3.8, 4) is 11.5 Å². The number of esters is 1. The number of hydrogen-bond donors (Lipinski definition) is 1. The maximum absolute atomic E-state index is 13.3. The molecule has 0 unspecified atom stereocenters. The van der Waals surface area contributed by atoms with E-state index < -0.39 is 12.0 Å². The average Bonchev–Trinajstić information content (AvgIpc) is 3.31. The number of halogens is 1. The minimum absolute atomic E-state index is 0.0318. The first-order chi connectivity index (χ1) is 18.4. The van der Waals surface area contributed by atoms with Crippen molar-refractivity contribution in [1.82, 2.24) is 10.2 Å². The molecule has 38 heavy (non-hydrogen) atoms. The van der Waals surface area contributed by atoms with Crippen LogP contribution in [-0.2, 0) is 20.9 Å². The summed E-state index contributed by atoms with van der Waals surface area (Å²) in [6, 6.07) is 10.7. The number of thioether (sulfide) groups is 1. The van der Waals surface area contributed by atoms with Gasteiger partial charge < -0.3 is 24.4 Å². The van der Waals surface area contributed by atoms with E-state index in [1.807, 2.05) is 22.4 Å². The number of nitrogens with one attached hydrogen (secondary N) is 1. The fourth-order valence-electron chi connectivity index (χ4n) is 4.29. The van der Waals surface area contributed by atoms with Crippen LogP contribution in [0.15, 0.2) is 82.5 Å². The molecule has 2 aromatic carbocycles. The summed E-state index contributed by atoms with van der Waals surface area (Å²) in [6.07, 6.45) is 1.53. The highest BCUT2D eigenvalue weighted by Crippen LogP contribution is 2.48. The van der Waals surface area contributed by atoms with Crippen molar-refractivity contribution in [3.63, 3.8) is 0 Å². The Morgan fingerprint density at radius 3 is 2.63 bits per heavy atom. The highest BCUT2D eigenvalue weighted by molar-refractivity contribution is 8.16. The molecule has 8 nitrogen and oxygen atoms in total. The molecule has 0 aromatic heterocycles. The second-order valence-electron chi connectivity index (χ2n) is 8.44. The van der Waals surface area contributed by atoms with E-state index in [9.17, 15) is 14.0 Å². The molecule has 0 fully saturated rings. The van der Waals surface area contributed by atoms with E-state index in [0.717, 1.165) is 5.56 Å². The Hall–Kier alpha value is -4.05. The number of nitrogens with zero attached hydrogens (tertiary/aromatic N) is 2. The molecule has 198 valence electrons. The summed E-state index contributed by atoms with van der Waals surface area (Å²) < 4.78 is 29.9. The van der Waals surface area contributed by atoms with Crippen molar-refractivity contribution >= 4 is 28.8 Å². The number of fused-ring (bicyclic) bond motifs is 1. The van der Waals surface area contributed by atoms with Gasteiger partial charge in [-0.2, -0.15) is 0 Å². The van der Waals surface area contributed by atoms with E-state index in [1.54, 1.807) is 25.1 Å². The van der Waals surface area contributed by atoms with Crippen LogP contribution >= 0.6 is 11.8 Å². The maximum atomic E-state index is 13.3. The fraction of sp³-hybridized carbons (Fsp3) is 0.250. The van der Waals surface area contributed by atoms with Crippen molar-refractivity contribution in [1.29, 1.82) is 0 Å². The largest absolute Gasteiger partial charge is 0.493 e. The van der Waals surface area contributed by atoms with Gasteiger partial charge in [0.05, 0.1) is 38.0 Å². The van der Waals surface area contributed by atoms with E-state index in [-0.39, 0.29) is 31.3 Å². The Kier molecular flexibility index (Phi) is 8.52. The number of methoxy groups -OCH3 is 2. The van der Waals surface area contributed by atoms with E-state index in [4.69, 9.17) is 14.2 Å². The molecule has 0 saturated carbocycles. The minimum atomic E-state index is -0.684. The number of ether oxygens (including phenoxy) is 3. The number of allylic oxidation sites excluding steroid dienone is 1. The molecule has 0 radical (unpaired) electrons. The normalized spacial score (nSPS) is 16.3. The maximum Gasteiger partial charge on any atom is 0.338 e. The van der Waals surface area contributed by atoms with Gasteiger partial charge in [0, 0.05) is 17.8 Å². The molecule has 2 aliphatic heterocycles. The molecule has 4 rings (SSSR count). The van der Waals surface area contributed by atoms with Crippen LogP contribution < -0.4 is 14.8 Å². The molecule has 2 aliphatic rings. The van der Waals surface area contributed by atoms with Crippen LogP contribution in [0.25, 0.3) is 0 Å². The van der Waals surface area contributed by atoms with Crippen LogP contribution in [0.3, 0.4) is 0 Å². The van der Waals surface area contributed by atoms with E-state index in [1.165, 1.54) is 44.2 Å². The SMILES string of the molecule is C=CCOC(=O)C1=C(C)N=C2SC=C(CC(=O)NCc3ccc(F)cc3)N2[C@H]1c1cccc(OC)c1OC. The number of carbonyl (C=O) groups is 2. The van der Waals surface area contributed by atoms with Gasteiger partial charge in [-0.25, -0.2) is 14.2 Å². The lowest BCUT2D eigenvalue weighted by molar-refractivity contribution is -0.138. The third kappa shape index (κ3) is 5.60. The highest BCUT2D eigenvalue weighted by Gasteiger charge is 2.42. The molecule has 0 spiro atoms. The van der Waals surface area contributed by atoms with Gasteiger partial charge in [-0.3, -0.25) is 4.79 Å². The molecule has 2 aromatic rings. The van der Waals surface area contributed by atoms with Gasteiger partial charge in [-0.05, 0) is 36.1 Å². The van der Waals surface area contributed by atoms with Crippen molar-refractivity contribution in [3.05, 3.63) is 94.4 Å². The van der Waals surface area contributed by atoms with Gasteiger partial charge in [0.2, 0.25) is 5.91 Å². The number of amides is 1. The number of amidine groups is 1. The summed E-state index contributed by atoms with van der Waals surface area (Å²) in [5, 5.41) is 5.34. The highest BCUT2D eigenvalue weighted by atomic mass is 32.2. The Morgan fingerprint density at radius 1 is 1.18 bits per heavy atom. The predicted molar refractivity (Wildman–Crippen MR) is 144 cm³/mol. The van der Waals surface area contributed by atoms with Gasteiger partial charge >= 0.3 is 5.97 Å². The average molecular weight is 538 g/mol. The van der Waals surface area contributed by atoms with Crippen molar-refractivity contribution in [2.45, 2.75) is 25.9 Å². The van der Waals surface area contributed by atoms with Crippen LogP contribution in [-0.4, -0.2) is 42.8 Å². The van der Waals surface area contributed by atoms with E-state index in [0.29, 0.717) is 39.2 Å². The lowest BCUT2D eigenvalue weighted by Gasteiger charge is -2.37. The lowest BCUT2D eigenvalue weighted by Crippen LogP contribution is -2.38. The van der Waals surface area contributed by atoms with Gasteiger partial charge in [-0.1, -0.05) is 48.7 Å². The standard InChI is InChI=1S/C28H28FN3O5S/c1-5-13-37-27(34)24-17(2)31-28-32(25(24)21-7-6-8-22(35-3)26(21)36-4)20(16-38-28)14-23(33)30-15-18-9-11-19(29)12-10-18/h5-12,16,25H,1,13-15H2,2-4H3,(H,30,33)/t25-/m0/s1. The summed E-state index contributed by atoms with van der Waals surface area (Å²) >= 11 is 1.37. The summed E-state index contributed by atoms with van der Waals surface area (Å²) in [6.45, 7) is 5.67. The molecule has 10 heteroatoms. The number of para-hydroxylation sites is 1. The third-order valence-electron chi connectivity index (χ3n) is 6.03. The van der Waals surface area contributed by atoms with Crippen molar-refractivity contribution in [2.75, 3.05) is 20.8 Å². The number of aliphatic imine (C=N–C) groups is 1. The summed E-state index contributed by atoms with van der Waals surface area (Å²) in [4.78, 5) is 32.7. The Labute approximate surface area is 224 Å². The van der Waals surface area contributed by atoms with Crippen LogP contribution in [0.2, 0.25) is 0 Å². The zero-order valence-corrected chi connectivity index (χ0v) is 22.1. The number of rotatable bonds is 10. The summed E-state index contributed by atoms with van der Waals surface area (Å²) in [7, 11) is 3.07. The fourth-order valence-corrected chi connectivity index (χ4v) is 5.26. The molecule has 0 bridgehead atoms. The molecule has 1 amide bonds. The predicted octanol–water partition coefficient (Wildman–Crippen LogP) is 4.85. The molecular weight excluding hydrogens is 509 g/mol. The van der Waals surface area contributed by atoms with Crippen molar-refractivity contribution in [2.24, 2.45) is 4.99 Å². The summed E-state index contributed by atoms with van der Waals surface area (Å²) in [5.41, 5.74) is 2.91. The van der Waals surface area contributed by atoms with Crippen LogP contribution in [0.1, 0.15) is 30.5 Å². The van der Waals surface area contributed by atoms with Gasteiger partial charge in [0.1, 0.15) is 12.4 Å². The second kappa shape index (κ2) is 12.0. The van der Waals surface area contributed by atoms with Gasteiger partial charge in [0.25, 0.3) is 0 Å². The monoisotopic (exact) mass is 537 g/mol. The quantitative estimate of drug-likeness (QED) is 0.342. The number of benzene rings is 2. The topological polar surface area (TPSA) is 89.5 Å². The first-order valence-corrected chi connectivity index (χ1v) is 12.7. The number of carbonyl (C=O) groups excluding carboxylic acids is 2. The Morgan fingerprint density at radius 2 is 1.95 bits per heavy atom. The molecule has 1 N–H and O–H groups in total. The third-order valence-corrected chi connectivity index (χ3v) is 6.91. The van der Waals surface area contributed by atoms with Gasteiger partial charge in [-0.15, -0.1) is 0 Å². The van der Waals surface area contributed by atoms with Crippen LogP contribution in [0.4, 0.5) is 4.39 Å². The second-order valence-corrected chi connectivity index (χ2v) is 9.28. The molecule has 0 aliphatic carbocycles. The first kappa shape index (κ1) is 27.0. The van der Waals surface area contributed by atoms with Gasteiger partial charge in [0.15, 0.2) is 16.7 Å². The zero-order chi connectivity index (χ0) is 27.2. The Bertz CT molecular complexity index is 1340. The first-order valence-electron chi connectivity index (χ1n) is 11.8. The van der Waals surface area contributed by atoms with Crippen LogP contribution in [0.5, 0.6) is 11.5 Å². The van der Waals surface area contributed by atoms with Crippen molar-refractivity contribution < 1.29 is 28.2 Å². The molecule has 1 atom stereocenters. The zero-order valence-electron chi connectivity index (χ0n) is 21.3. The lowest BCUT2D eigenvalue weighted by atomic mass is 9.92. The molecule has 2 heterocycles. The molecular formula is C28H28FN3O5S. The Balaban J connectivity index is 1.67.